The number of allylic oxidation sites excluding steroid dienone is 4. The standard InChI is InChI=1S/C21H31N/c1-13(2)11-16-12-15(4)17-9-10-21(5,22-6)18-8-7-14(3)19(16)20(17)18/h11,15-18,20H,7-10,12H2,1-5H3/t15-,16-,17+,18-,20+,21-/m1/s1. The molecule has 0 N–H and O–H groups in total. The molecule has 2 saturated carbocycles. The average molecular weight is 297 g/mol. The fraction of sp³-hybridized carbons (Fsp3) is 0.762. The summed E-state index contributed by atoms with van der Waals surface area (Å²) in [6.07, 6.45) is 8.67. The minimum absolute atomic E-state index is 0.111. The molecule has 120 valence electrons. The molecule has 0 radical (unpaired) electrons. The number of hydrogen-bond acceptors (Lipinski definition) is 0. The van der Waals surface area contributed by atoms with E-state index in [2.05, 4.69) is 45.5 Å². The average Bonchev–Trinajstić information content (AvgIpc) is 2.45. The summed E-state index contributed by atoms with van der Waals surface area (Å²) in [5.41, 5.74) is 4.73. The molecule has 0 aliphatic heterocycles. The topological polar surface area (TPSA) is 4.36 Å². The molecule has 22 heavy (non-hydrogen) atoms. The van der Waals surface area contributed by atoms with Crippen LogP contribution >= 0.6 is 0 Å². The van der Waals surface area contributed by atoms with Gasteiger partial charge in [-0.3, -0.25) is 0 Å². The highest BCUT2D eigenvalue weighted by Gasteiger charge is 2.56. The van der Waals surface area contributed by atoms with Gasteiger partial charge in [0, 0.05) is 19.3 Å². The summed E-state index contributed by atoms with van der Waals surface area (Å²) in [5, 5.41) is 0. The van der Waals surface area contributed by atoms with E-state index < -0.39 is 0 Å². The fourth-order valence-corrected chi connectivity index (χ4v) is 5.85. The lowest BCUT2D eigenvalue weighted by atomic mass is 9.49. The van der Waals surface area contributed by atoms with Gasteiger partial charge in [-0.25, -0.2) is 6.57 Å². The number of rotatable bonds is 1. The Hall–Kier alpha value is -1.03. The van der Waals surface area contributed by atoms with Gasteiger partial charge in [0.1, 0.15) is 0 Å². The van der Waals surface area contributed by atoms with E-state index in [4.69, 9.17) is 6.57 Å². The van der Waals surface area contributed by atoms with Gasteiger partial charge in [-0.2, -0.15) is 0 Å². The summed E-state index contributed by atoms with van der Waals surface area (Å²) in [6.45, 7) is 19.3. The van der Waals surface area contributed by atoms with Crippen LogP contribution in [0, 0.1) is 36.2 Å². The second kappa shape index (κ2) is 5.55. The Bertz CT molecular complexity index is 557. The maximum atomic E-state index is 7.78. The van der Waals surface area contributed by atoms with Gasteiger partial charge < -0.3 is 4.85 Å². The lowest BCUT2D eigenvalue weighted by molar-refractivity contribution is 0.0400. The van der Waals surface area contributed by atoms with E-state index in [-0.39, 0.29) is 5.54 Å². The molecule has 1 heteroatoms. The Kier molecular flexibility index (Phi) is 4.00. The van der Waals surface area contributed by atoms with Crippen LogP contribution < -0.4 is 0 Å². The summed E-state index contributed by atoms with van der Waals surface area (Å²) in [5.74, 6) is 3.55. The molecule has 0 bridgehead atoms. The van der Waals surface area contributed by atoms with Gasteiger partial charge in [-0.1, -0.05) is 29.7 Å². The van der Waals surface area contributed by atoms with Crippen LogP contribution in [0.15, 0.2) is 22.8 Å². The summed E-state index contributed by atoms with van der Waals surface area (Å²) in [7, 11) is 0. The molecule has 3 rings (SSSR count). The second-order valence-corrected chi connectivity index (χ2v) is 8.64. The first-order valence-corrected chi connectivity index (χ1v) is 9.10. The van der Waals surface area contributed by atoms with E-state index in [1.165, 1.54) is 31.3 Å². The lowest BCUT2D eigenvalue weighted by Gasteiger charge is -2.54. The van der Waals surface area contributed by atoms with Crippen LogP contribution in [-0.4, -0.2) is 5.54 Å². The molecule has 0 aromatic heterocycles. The van der Waals surface area contributed by atoms with Crippen molar-refractivity contribution < 1.29 is 0 Å². The predicted molar refractivity (Wildman–Crippen MR) is 93.3 cm³/mol. The van der Waals surface area contributed by atoms with Gasteiger partial charge in [0.25, 0.3) is 0 Å². The summed E-state index contributed by atoms with van der Waals surface area (Å²) in [4.78, 5) is 4.14. The van der Waals surface area contributed by atoms with Crippen molar-refractivity contribution in [3.63, 3.8) is 0 Å². The quantitative estimate of drug-likeness (QED) is 0.410. The molecule has 0 spiro atoms. The number of hydrogen-bond donors (Lipinski definition) is 0. The summed E-state index contributed by atoms with van der Waals surface area (Å²) < 4.78 is 0. The molecule has 0 aromatic rings. The molecule has 0 saturated heterocycles. The van der Waals surface area contributed by atoms with Crippen LogP contribution in [0.3, 0.4) is 0 Å². The molecule has 3 aliphatic rings. The highest BCUT2D eigenvalue weighted by molar-refractivity contribution is 5.33. The SMILES string of the molecule is [C-]#[N+][C@]1(C)CC[C@@H]2[C@@H]3C(=C(C)CC[C@H]31)[C@H](C=C(C)C)C[C@H]2C. The normalized spacial score (nSPS) is 44.1. The van der Waals surface area contributed by atoms with Gasteiger partial charge in [0.05, 0.1) is 0 Å². The predicted octanol–water partition coefficient (Wildman–Crippen LogP) is 6.04. The van der Waals surface area contributed by atoms with Crippen molar-refractivity contribution in [1.82, 2.24) is 0 Å². The van der Waals surface area contributed by atoms with Crippen LogP contribution in [0.2, 0.25) is 0 Å². The molecule has 3 aliphatic carbocycles. The molecule has 0 aromatic carbocycles. The molecule has 0 heterocycles. The maximum Gasteiger partial charge on any atom is 0.233 e. The third kappa shape index (κ3) is 2.36. The van der Waals surface area contributed by atoms with E-state index in [1.54, 1.807) is 11.1 Å². The summed E-state index contributed by atoms with van der Waals surface area (Å²) in [6, 6.07) is 0. The maximum absolute atomic E-state index is 7.78. The van der Waals surface area contributed by atoms with Crippen LogP contribution in [0.1, 0.15) is 66.7 Å². The first-order valence-electron chi connectivity index (χ1n) is 9.10. The Morgan fingerprint density at radius 1 is 1.32 bits per heavy atom. The smallest absolute Gasteiger partial charge is 0.233 e. The van der Waals surface area contributed by atoms with Crippen molar-refractivity contribution in [2.45, 2.75) is 72.3 Å². The highest BCUT2D eigenvalue weighted by Crippen LogP contribution is 2.59. The largest absolute Gasteiger partial charge is 0.310 e. The van der Waals surface area contributed by atoms with Crippen LogP contribution in [0.5, 0.6) is 0 Å². The van der Waals surface area contributed by atoms with Gasteiger partial charge >= 0.3 is 0 Å². The van der Waals surface area contributed by atoms with Gasteiger partial charge in [-0.15, -0.1) is 0 Å². The zero-order chi connectivity index (χ0) is 16.1. The summed E-state index contributed by atoms with van der Waals surface area (Å²) >= 11 is 0. The molecule has 6 atom stereocenters. The van der Waals surface area contributed by atoms with Crippen molar-refractivity contribution in [3.8, 4) is 0 Å². The first-order chi connectivity index (χ1) is 10.4. The van der Waals surface area contributed by atoms with Crippen LogP contribution in [0.4, 0.5) is 0 Å². The number of nitrogens with zero attached hydrogens (tertiary/aromatic N) is 1. The van der Waals surface area contributed by atoms with Crippen LogP contribution in [-0.2, 0) is 0 Å². The van der Waals surface area contributed by atoms with E-state index >= 15 is 0 Å². The monoisotopic (exact) mass is 297 g/mol. The molecule has 0 unspecified atom stereocenters. The van der Waals surface area contributed by atoms with E-state index in [0.717, 1.165) is 18.3 Å². The Morgan fingerprint density at radius 2 is 2.05 bits per heavy atom. The molecular weight excluding hydrogens is 266 g/mol. The highest BCUT2D eigenvalue weighted by atomic mass is 14.8. The Morgan fingerprint density at radius 3 is 2.68 bits per heavy atom. The third-order valence-electron chi connectivity index (χ3n) is 6.91. The van der Waals surface area contributed by atoms with Crippen molar-refractivity contribution in [1.29, 1.82) is 0 Å². The van der Waals surface area contributed by atoms with E-state index in [0.29, 0.717) is 17.8 Å². The van der Waals surface area contributed by atoms with Crippen LogP contribution in [0.25, 0.3) is 4.85 Å². The van der Waals surface area contributed by atoms with Gasteiger partial charge in [-0.05, 0) is 70.1 Å². The first kappa shape index (κ1) is 15.9. The molecule has 2 fully saturated rings. The zero-order valence-corrected chi connectivity index (χ0v) is 14.9. The van der Waals surface area contributed by atoms with Gasteiger partial charge in [0.15, 0.2) is 0 Å². The fourth-order valence-electron chi connectivity index (χ4n) is 5.85. The zero-order valence-electron chi connectivity index (χ0n) is 14.9. The van der Waals surface area contributed by atoms with Crippen molar-refractivity contribution >= 4 is 0 Å². The minimum atomic E-state index is -0.111. The van der Waals surface area contributed by atoms with Crippen molar-refractivity contribution in [2.75, 3.05) is 0 Å². The molecule has 1 nitrogen and oxygen atoms in total. The van der Waals surface area contributed by atoms with E-state index in [1.807, 2.05) is 0 Å². The van der Waals surface area contributed by atoms with E-state index in [9.17, 15) is 0 Å². The van der Waals surface area contributed by atoms with Crippen molar-refractivity contribution in [2.24, 2.45) is 29.6 Å². The third-order valence-corrected chi connectivity index (χ3v) is 6.91. The second-order valence-electron chi connectivity index (χ2n) is 8.64. The van der Waals surface area contributed by atoms with Gasteiger partial charge in [0.2, 0.25) is 5.54 Å². The van der Waals surface area contributed by atoms with Crippen molar-refractivity contribution in [3.05, 3.63) is 34.2 Å². The Labute approximate surface area is 136 Å². The molecule has 0 amide bonds. The minimum Gasteiger partial charge on any atom is -0.310 e. The lowest BCUT2D eigenvalue weighted by Crippen LogP contribution is -2.51. The Balaban J connectivity index is 2.08. The molecular formula is C21H31N.